The molecule has 4 aromatic rings. The predicted octanol–water partition coefficient (Wildman–Crippen LogP) is 4.10. The number of methoxy groups -OCH3 is 3. The molecule has 1 atom stereocenters. The number of fused-ring (bicyclic) bond motifs is 2. The lowest BCUT2D eigenvalue weighted by atomic mass is 9.96. The molecular formula is C59H85N3O21. The Bertz CT molecular complexity index is 2350. The topological polar surface area (TPSA) is 260 Å². The van der Waals surface area contributed by atoms with E-state index in [0.29, 0.717) is 208 Å². The minimum atomic E-state index is -0.712. The molecule has 1 aliphatic rings. The molecule has 0 saturated heterocycles. The van der Waals surface area contributed by atoms with Crippen LogP contribution in [-0.4, -0.2) is 225 Å². The fourth-order valence-corrected chi connectivity index (χ4v) is 7.54. The van der Waals surface area contributed by atoms with Crippen LogP contribution < -0.4 is 54.3 Å². The third-order valence-electron chi connectivity index (χ3n) is 11.7. The van der Waals surface area contributed by atoms with Gasteiger partial charge in [0.15, 0.2) is 29.6 Å². The van der Waals surface area contributed by atoms with E-state index >= 15 is 0 Å². The maximum absolute atomic E-state index is 14.3. The van der Waals surface area contributed by atoms with Crippen molar-refractivity contribution in [3.8, 4) is 46.0 Å². The molecule has 2 amide bonds. The standard InChI is InChI=1S/C59H85N3O21/c1-65-18-19-70-22-27-73-32-37-78-50-10-13-53-56(44-50)82-41-36-77-31-26-72-23-28-74-33-38-79-52-12-6-47(42-55(52)81-40-35-76-30-25-71-24-29-75-34-39-80-53)59(64)62-58(51-11-9-49(66-2)43-54(51)67-3)46-4-7-48(8-5-46)83-45-57(63)61-15-17-69-21-20-68-16-14-60/h4-13,42-44,58H,14-41,45,60H2,1-3H3,(H,61,63)(H,62,64). The first-order valence-corrected chi connectivity index (χ1v) is 27.8. The highest BCUT2D eigenvalue weighted by Gasteiger charge is 2.24. The van der Waals surface area contributed by atoms with Gasteiger partial charge in [0, 0.05) is 43.5 Å². The predicted molar refractivity (Wildman–Crippen MR) is 303 cm³/mol. The Morgan fingerprint density at radius 2 is 0.952 bits per heavy atom. The highest BCUT2D eigenvalue weighted by molar-refractivity contribution is 5.95. The van der Waals surface area contributed by atoms with E-state index in [0.717, 1.165) is 0 Å². The number of amides is 2. The van der Waals surface area contributed by atoms with Crippen LogP contribution in [0.2, 0.25) is 0 Å². The first-order valence-electron chi connectivity index (χ1n) is 27.8. The normalized spacial score (nSPS) is 15.2. The fourth-order valence-electron chi connectivity index (χ4n) is 7.54. The average Bonchev–Trinajstić information content (AvgIpc) is 3.61. The zero-order valence-electron chi connectivity index (χ0n) is 48.2. The van der Waals surface area contributed by atoms with Crippen molar-refractivity contribution in [2.75, 3.05) is 213 Å². The van der Waals surface area contributed by atoms with Gasteiger partial charge in [0.25, 0.3) is 11.8 Å². The number of hydrogen-bond donors (Lipinski definition) is 3. The van der Waals surface area contributed by atoms with Crippen LogP contribution in [0.1, 0.15) is 27.5 Å². The summed E-state index contributed by atoms with van der Waals surface area (Å²) in [6.07, 6.45) is 0. The van der Waals surface area contributed by atoms with Crippen LogP contribution in [0.3, 0.4) is 0 Å². The molecular weight excluding hydrogens is 1090 g/mol. The van der Waals surface area contributed by atoms with Gasteiger partial charge in [0.1, 0.15) is 56.0 Å². The molecule has 83 heavy (non-hydrogen) atoms. The number of carbonyl (C=O) groups is 2. The number of nitrogens with two attached hydrogens (primary N) is 1. The maximum Gasteiger partial charge on any atom is 0.258 e. The summed E-state index contributed by atoms with van der Waals surface area (Å²) >= 11 is 0. The minimum absolute atomic E-state index is 0.147. The lowest BCUT2D eigenvalue weighted by Crippen LogP contribution is -2.32. The van der Waals surface area contributed by atoms with Crippen molar-refractivity contribution >= 4 is 11.8 Å². The van der Waals surface area contributed by atoms with Crippen LogP contribution in [0, 0.1) is 0 Å². The van der Waals surface area contributed by atoms with Crippen LogP contribution in [0.25, 0.3) is 0 Å². The van der Waals surface area contributed by atoms with Crippen molar-refractivity contribution in [3.63, 3.8) is 0 Å². The van der Waals surface area contributed by atoms with Gasteiger partial charge in [-0.25, -0.2) is 0 Å². The number of hydrogen-bond acceptors (Lipinski definition) is 22. The molecule has 1 aliphatic heterocycles. The first-order chi connectivity index (χ1) is 40.9. The number of nitrogens with one attached hydrogen (secondary N) is 2. The Kier molecular flexibility index (Phi) is 35.3. The Balaban J connectivity index is 1.14. The van der Waals surface area contributed by atoms with E-state index in [2.05, 4.69) is 10.6 Å². The molecule has 0 aromatic heterocycles. The van der Waals surface area contributed by atoms with E-state index in [1.807, 2.05) is 12.1 Å². The van der Waals surface area contributed by atoms with Crippen molar-refractivity contribution in [1.29, 1.82) is 0 Å². The van der Waals surface area contributed by atoms with E-state index in [1.165, 1.54) is 0 Å². The molecule has 0 bridgehead atoms. The van der Waals surface area contributed by atoms with Gasteiger partial charge in [-0.05, 0) is 60.2 Å². The van der Waals surface area contributed by atoms with E-state index in [1.54, 1.807) is 88.1 Å². The Morgan fingerprint density at radius 3 is 1.51 bits per heavy atom. The average molecular weight is 1170 g/mol. The molecule has 4 aromatic carbocycles. The van der Waals surface area contributed by atoms with Crippen LogP contribution >= 0.6 is 0 Å². The molecule has 0 radical (unpaired) electrons. The molecule has 4 N–H and O–H groups in total. The monoisotopic (exact) mass is 1170 g/mol. The summed E-state index contributed by atoms with van der Waals surface area (Å²) in [7, 11) is 4.74. The first kappa shape index (κ1) is 67.5. The van der Waals surface area contributed by atoms with Crippen molar-refractivity contribution in [3.05, 3.63) is 95.6 Å². The smallest absolute Gasteiger partial charge is 0.258 e. The Hall–Kier alpha value is -6.26. The zero-order valence-corrected chi connectivity index (χ0v) is 48.2. The molecule has 5 rings (SSSR count). The van der Waals surface area contributed by atoms with Gasteiger partial charge >= 0.3 is 0 Å². The molecule has 0 fully saturated rings. The molecule has 0 aliphatic carbocycles. The summed E-state index contributed by atoms with van der Waals surface area (Å²) in [5, 5.41) is 5.94. The second-order valence-electron chi connectivity index (χ2n) is 17.6. The maximum atomic E-state index is 14.3. The van der Waals surface area contributed by atoms with Gasteiger partial charge in [0.05, 0.1) is 159 Å². The van der Waals surface area contributed by atoms with Crippen molar-refractivity contribution in [2.45, 2.75) is 6.04 Å². The third kappa shape index (κ3) is 28.3. The number of rotatable bonds is 27. The van der Waals surface area contributed by atoms with Crippen molar-refractivity contribution in [1.82, 2.24) is 10.6 Å². The second kappa shape index (κ2) is 43.4. The van der Waals surface area contributed by atoms with E-state index < -0.39 is 11.9 Å². The molecule has 24 nitrogen and oxygen atoms in total. The Morgan fingerprint density at radius 1 is 0.470 bits per heavy atom. The summed E-state index contributed by atoms with van der Waals surface area (Å²) in [6.45, 7) is 9.65. The molecule has 1 heterocycles. The van der Waals surface area contributed by atoms with Gasteiger partial charge in [-0.15, -0.1) is 0 Å². The van der Waals surface area contributed by atoms with Crippen LogP contribution in [0.5, 0.6) is 46.0 Å². The van der Waals surface area contributed by atoms with Gasteiger partial charge < -0.3 is 106 Å². The van der Waals surface area contributed by atoms with Crippen LogP contribution in [-0.2, 0) is 56.9 Å². The lowest BCUT2D eigenvalue weighted by molar-refractivity contribution is -0.123. The number of ether oxygens (including phenoxy) is 19. The van der Waals surface area contributed by atoms with E-state index in [9.17, 15) is 9.59 Å². The van der Waals surface area contributed by atoms with Crippen molar-refractivity contribution < 1.29 is 99.6 Å². The second-order valence-corrected chi connectivity index (χ2v) is 17.6. The molecule has 24 heteroatoms. The van der Waals surface area contributed by atoms with Crippen LogP contribution in [0.15, 0.2) is 78.9 Å². The number of carbonyl (C=O) groups excluding carboxylic acids is 2. The molecule has 1 unspecified atom stereocenters. The van der Waals surface area contributed by atoms with Gasteiger partial charge in [0.2, 0.25) is 0 Å². The summed E-state index contributed by atoms with van der Waals surface area (Å²) in [5.41, 5.74) is 7.07. The largest absolute Gasteiger partial charge is 0.497 e. The van der Waals surface area contributed by atoms with E-state index in [-0.39, 0.29) is 52.2 Å². The molecule has 0 spiro atoms. The minimum Gasteiger partial charge on any atom is -0.497 e. The van der Waals surface area contributed by atoms with Gasteiger partial charge in [-0.1, -0.05) is 12.1 Å². The summed E-state index contributed by atoms with van der Waals surface area (Å²) in [6, 6.07) is 22.0. The van der Waals surface area contributed by atoms with E-state index in [4.69, 9.17) is 95.7 Å². The zero-order chi connectivity index (χ0) is 58.6. The third-order valence-corrected chi connectivity index (χ3v) is 11.7. The van der Waals surface area contributed by atoms with Gasteiger partial charge in [-0.3, -0.25) is 9.59 Å². The number of benzene rings is 4. The van der Waals surface area contributed by atoms with Crippen molar-refractivity contribution in [2.24, 2.45) is 5.73 Å². The fraction of sp³-hybridized carbons (Fsp3) is 0.559. The summed E-state index contributed by atoms with van der Waals surface area (Å²) in [4.78, 5) is 26.8. The summed E-state index contributed by atoms with van der Waals surface area (Å²) < 4.78 is 109. The summed E-state index contributed by atoms with van der Waals surface area (Å²) in [5.74, 6) is 3.17. The molecule has 0 saturated carbocycles. The Labute approximate surface area is 486 Å². The quantitative estimate of drug-likeness (QED) is 0.0710. The van der Waals surface area contributed by atoms with Gasteiger partial charge in [-0.2, -0.15) is 0 Å². The highest BCUT2D eigenvalue weighted by atomic mass is 16.6. The lowest BCUT2D eigenvalue weighted by Gasteiger charge is -2.23. The molecule has 462 valence electrons. The van der Waals surface area contributed by atoms with Crippen LogP contribution in [0.4, 0.5) is 0 Å². The highest BCUT2D eigenvalue weighted by Crippen LogP contribution is 2.36. The SMILES string of the molecule is COCCOCCOCCOc1ccc2c(c1)OCCOCCOCCOCCOc1ccc(C(=O)NC(c3ccc(OCC(=O)NCCOCCOCCN)cc3)c3ccc(OC)cc3OC)cc1OCCOCCOCCOCCO2.